The van der Waals surface area contributed by atoms with E-state index in [-0.39, 0.29) is 5.91 Å². The maximum Gasteiger partial charge on any atom is 0.226 e. The lowest BCUT2D eigenvalue weighted by Gasteiger charge is -2.33. The number of carbonyl (C=O) groups excluding carboxylic acids is 1. The topological polar surface area (TPSA) is 56.1 Å². The Hall–Kier alpha value is -1.38. The van der Waals surface area contributed by atoms with Gasteiger partial charge in [0.1, 0.15) is 11.1 Å². The highest BCUT2D eigenvalue weighted by atomic mass is 32.1. The minimum Gasteiger partial charge on any atom is -0.317 e. The van der Waals surface area contributed by atoms with Gasteiger partial charge in [-0.25, -0.2) is 0 Å². The predicted octanol–water partition coefficient (Wildman–Crippen LogP) is 2.82. The minimum absolute atomic E-state index is 0.00303. The number of likely N-dealkylation sites (tertiary alicyclic amines) is 1. The highest BCUT2D eigenvalue weighted by molar-refractivity contribution is 7.14. The first-order chi connectivity index (χ1) is 9.20. The summed E-state index contributed by atoms with van der Waals surface area (Å²) in [6.45, 7) is 4.13. The molecule has 102 valence electrons. The SMILES string of the molecule is CC1CCCCN1CCC(=O)Nc1sccc1C#N. The Labute approximate surface area is 118 Å². The average Bonchev–Trinajstić information content (AvgIpc) is 2.85. The standard InChI is InChI=1S/C14H19N3OS/c1-11-4-2-3-7-17(11)8-5-13(18)16-14-12(10-15)6-9-19-14/h6,9,11H,2-5,7-8H2,1H3,(H,16,18). The molecule has 2 rings (SSSR count). The number of nitrogens with one attached hydrogen (secondary N) is 1. The molecule has 4 nitrogen and oxygen atoms in total. The van der Waals surface area contributed by atoms with Gasteiger partial charge in [-0.1, -0.05) is 6.42 Å². The van der Waals surface area contributed by atoms with E-state index in [1.54, 1.807) is 6.07 Å². The van der Waals surface area contributed by atoms with E-state index in [1.165, 1.54) is 30.6 Å². The van der Waals surface area contributed by atoms with E-state index < -0.39 is 0 Å². The molecule has 1 saturated heterocycles. The molecule has 5 heteroatoms. The summed E-state index contributed by atoms with van der Waals surface area (Å²) < 4.78 is 0. The summed E-state index contributed by atoms with van der Waals surface area (Å²) in [6.07, 6.45) is 4.25. The fraction of sp³-hybridized carbons (Fsp3) is 0.571. The van der Waals surface area contributed by atoms with Crippen LogP contribution in [0.25, 0.3) is 0 Å². The molecular weight excluding hydrogens is 258 g/mol. The average molecular weight is 277 g/mol. The zero-order chi connectivity index (χ0) is 13.7. The first-order valence-electron chi connectivity index (χ1n) is 6.72. The van der Waals surface area contributed by atoms with E-state index in [1.807, 2.05) is 5.38 Å². The quantitative estimate of drug-likeness (QED) is 0.920. The molecule has 0 spiro atoms. The molecule has 1 aromatic heterocycles. The van der Waals surface area contributed by atoms with Crippen LogP contribution in [0, 0.1) is 11.3 Å². The van der Waals surface area contributed by atoms with Gasteiger partial charge in [0.2, 0.25) is 5.91 Å². The summed E-state index contributed by atoms with van der Waals surface area (Å²) in [7, 11) is 0. The third kappa shape index (κ3) is 3.79. The molecule has 0 bridgehead atoms. The fourth-order valence-corrected chi connectivity index (χ4v) is 3.17. The van der Waals surface area contributed by atoms with Crippen molar-refractivity contribution in [3.05, 3.63) is 17.0 Å². The number of nitriles is 1. The normalized spacial score (nSPS) is 19.9. The van der Waals surface area contributed by atoms with E-state index in [0.717, 1.165) is 13.1 Å². The Bertz CT molecular complexity index is 477. The van der Waals surface area contributed by atoms with Crippen molar-refractivity contribution in [3.8, 4) is 6.07 Å². The molecule has 0 aliphatic carbocycles. The van der Waals surface area contributed by atoms with Crippen molar-refractivity contribution in [2.24, 2.45) is 0 Å². The number of hydrogen-bond donors (Lipinski definition) is 1. The van der Waals surface area contributed by atoms with Crippen molar-refractivity contribution in [3.63, 3.8) is 0 Å². The lowest BCUT2D eigenvalue weighted by molar-refractivity contribution is -0.116. The van der Waals surface area contributed by atoms with E-state index in [0.29, 0.717) is 23.0 Å². The summed E-state index contributed by atoms with van der Waals surface area (Å²) in [5, 5.41) is 14.2. The number of rotatable bonds is 4. The van der Waals surface area contributed by atoms with Gasteiger partial charge in [-0.2, -0.15) is 5.26 Å². The number of nitrogens with zero attached hydrogens (tertiary/aromatic N) is 2. The molecular formula is C14H19N3OS. The van der Waals surface area contributed by atoms with Crippen LogP contribution in [0.2, 0.25) is 0 Å². The molecule has 0 aromatic carbocycles. The van der Waals surface area contributed by atoms with Crippen LogP contribution in [0.5, 0.6) is 0 Å². The molecule has 1 N–H and O–H groups in total. The van der Waals surface area contributed by atoms with Crippen molar-refractivity contribution < 1.29 is 4.79 Å². The summed E-state index contributed by atoms with van der Waals surface area (Å²) in [4.78, 5) is 14.3. The zero-order valence-electron chi connectivity index (χ0n) is 11.2. The number of piperidine rings is 1. The molecule has 2 heterocycles. The van der Waals surface area contributed by atoms with E-state index in [9.17, 15) is 4.79 Å². The van der Waals surface area contributed by atoms with Gasteiger partial charge in [-0.05, 0) is 37.8 Å². The van der Waals surface area contributed by atoms with Gasteiger partial charge in [0, 0.05) is 19.0 Å². The Kier molecular flexibility index (Phi) is 4.94. The third-order valence-corrected chi connectivity index (χ3v) is 4.44. The largest absolute Gasteiger partial charge is 0.317 e. The Morgan fingerprint density at radius 2 is 2.47 bits per heavy atom. The van der Waals surface area contributed by atoms with Gasteiger partial charge in [-0.15, -0.1) is 11.3 Å². The molecule has 1 fully saturated rings. The van der Waals surface area contributed by atoms with Gasteiger partial charge < -0.3 is 10.2 Å². The van der Waals surface area contributed by atoms with Crippen LogP contribution >= 0.6 is 11.3 Å². The highest BCUT2D eigenvalue weighted by Gasteiger charge is 2.18. The van der Waals surface area contributed by atoms with Gasteiger partial charge >= 0.3 is 0 Å². The van der Waals surface area contributed by atoms with Crippen LogP contribution < -0.4 is 5.32 Å². The number of thiophene rings is 1. The Morgan fingerprint density at radius 3 is 3.21 bits per heavy atom. The third-order valence-electron chi connectivity index (χ3n) is 3.61. The molecule has 1 aliphatic heterocycles. The van der Waals surface area contributed by atoms with Crippen molar-refractivity contribution in [2.75, 3.05) is 18.4 Å². The summed E-state index contributed by atoms with van der Waals surface area (Å²) in [5.74, 6) is -0.00303. The molecule has 1 aromatic rings. The fourth-order valence-electron chi connectivity index (χ4n) is 2.42. The lowest BCUT2D eigenvalue weighted by atomic mass is 10.0. The molecule has 19 heavy (non-hydrogen) atoms. The van der Waals surface area contributed by atoms with E-state index in [4.69, 9.17) is 5.26 Å². The van der Waals surface area contributed by atoms with Gasteiger partial charge in [0.25, 0.3) is 0 Å². The maximum absolute atomic E-state index is 11.9. The molecule has 1 aliphatic rings. The maximum atomic E-state index is 11.9. The number of amides is 1. The number of carbonyl (C=O) groups is 1. The summed E-state index contributed by atoms with van der Waals surface area (Å²) >= 11 is 1.40. The Morgan fingerprint density at radius 1 is 1.63 bits per heavy atom. The number of hydrogen-bond acceptors (Lipinski definition) is 4. The van der Waals surface area contributed by atoms with Crippen LogP contribution in [0.3, 0.4) is 0 Å². The van der Waals surface area contributed by atoms with Gasteiger partial charge in [0.15, 0.2) is 0 Å². The smallest absolute Gasteiger partial charge is 0.226 e. The van der Waals surface area contributed by atoms with E-state index >= 15 is 0 Å². The van der Waals surface area contributed by atoms with E-state index in [2.05, 4.69) is 23.2 Å². The highest BCUT2D eigenvalue weighted by Crippen LogP contribution is 2.22. The monoisotopic (exact) mass is 277 g/mol. The minimum atomic E-state index is -0.00303. The first-order valence-corrected chi connectivity index (χ1v) is 7.60. The Balaban J connectivity index is 1.80. The van der Waals surface area contributed by atoms with Crippen molar-refractivity contribution in [2.45, 2.75) is 38.6 Å². The molecule has 1 unspecified atom stereocenters. The molecule has 0 saturated carbocycles. The van der Waals surface area contributed by atoms with Crippen LogP contribution in [0.4, 0.5) is 5.00 Å². The second-order valence-corrected chi connectivity index (χ2v) is 5.87. The second-order valence-electron chi connectivity index (χ2n) is 4.95. The first kappa shape index (κ1) is 14.0. The van der Waals surface area contributed by atoms with Crippen molar-refractivity contribution >= 4 is 22.2 Å². The van der Waals surface area contributed by atoms with Crippen LogP contribution in [0.1, 0.15) is 38.2 Å². The summed E-state index contributed by atoms with van der Waals surface area (Å²) in [6, 6.07) is 4.39. The predicted molar refractivity (Wildman–Crippen MR) is 77.2 cm³/mol. The lowest BCUT2D eigenvalue weighted by Crippen LogP contribution is -2.39. The zero-order valence-corrected chi connectivity index (χ0v) is 12.0. The van der Waals surface area contributed by atoms with Crippen LogP contribution in [-0.4, -0.2) is 29.9 Å². The summed E-state index contributed by atoms with van der Waals surface area (Å²) in [5.41, 5.74) is 0.546. The molecule has 0 radical (unpaired) electrons. The van der Waals surface area contributed by atoms with Crippen LogP contribution in [-0.2, 0) is 4.79 Å². The van der Waals surface area contributed by atoms with Gasteiger partial charge in [-0.3, -0.25) is 4.79 Å². The number of anilines is 1. The molecule has 1 amide bonds. The van der Waals surface area contributed by atoms with Crippen molar-refractivity contribution in [1.82, 2.24) is 4.90 Å². The van der Waals surface area contributed by atoms with Crippen molar-refractivity contribution in [1.29, 1.82) is 5.26 Å². The van der Waals surface area contributed by atoms with Gasteiger partial charge in [0.05, 0.1) is 5.56 Å². The molecule has 1 atom stereocenters. The van der Waals surface area contributed by atoms with Crippen LogP contribution in [0.15, 0.2) is 11.4 Å². The second kappa shape index (κ2) is 6.69.